The van der Waals surface area contributed by atoms with Crippen LogP contribution in [0.2, 0.25) is 0 Å². The minimum absolute atomic E-state index is 0.0220. The van der Waals surface area contributed by atoms with Crippen molar-refractivity contribution in [2.75, 3.05) is 26.1 Å². The Bertz CT molecular complexity index is 1300. The van der Waals surface area contributed by atoms with Crippen LogP contribution in [-0.4, -0.2) is 51.3 Å². The molecular formula is C25H30N6O3S2. The molecule has 1 N–H and O–H groups in total. The van der Waals surface area contributed by atoms with E-state index in [1.54, 1.807) is 45.1 Å². The van der Waals surface area contributed by atoms with Gasteiger partial charge in [0.25, 0.3) is 0 Å². The lowest BCUT2D eigenvalue weighted by atomic mass is 10.2. The van der Waals surface area contributed by atoms with E-state index in [1.165, 1.54) is 16.8 Å². The van der Waals surface area contributed by atoms with Gasteiger partial charge in [-0.1, -0.05) is 6.07 Å². The first-order chi connectivity index (χ1) is 17.4. The molecule has 3 aromatic heterocycles. The number of nitrogens with zero attached hydrogens (tertiary/aromatic N) is 5. The van der Waals surface area contributed by atoms with Crippen molar-refractivity contribution in [3.63, 3.8) is 0 Å². The number of para-hydroxylation sites is 1. The Kier molecular flexibility index (Phi) is 8.12. The molecule has 0 aliphatic rings. The fourth-order valence-corrected chi connectivity index (χ4v) is 5.78. The smallest absolute Gasteiger partial charge is 0.239 e. The zero-order valence-corrected chi connectivity index (χ0v) is 23.0. The van der Waals surface area contributed by atoms with Gasteiger partial charge in [0, 0.05) is 29.9 Å². The fraction of sp³-hybridized carbons (Fsp3) is 0.360. The average Bonchev–Trinajstić information content (AvgIpc) is 3.45. The Morgan fingerprint density at radius 3 is 2.33 bits per heavy atom. The van der Waals surface area contributed by atoms with E-state index in [9.17, 15) is 0 Å². The van der Waals surface area contributed by atoms with Crippen LogP contribution in [-0.2, 0) is 4.74 Å². The Labute approximate surface area is 219 Å². The first kappa shape index (κ1) is 25.9. The summed E-state index contributed by atoms with van der Waals surface area (Å²) in [6.45, 7) is 8.17. The molecule has 0 aliphatic carbocycles. The number of nitrogens with one attached hydrogen (secondary N) is 1. The number of methoxy groups -OCH3 is 3. The summed E-state index contributed by atoms with van der Waals surface area (Å²) in [5, 5.41) is 9.98. The van der Waals surface area contributed by atoms with E-state index in [0.717, 1.165) is 21.8 Å². The van der Waals surface area contributed by atoms with E-state index in [4.69, 9.17) is 19.2 Å². The molecule has 0 saturated heterocycles. The highest BCUT2D eigenvalue weighted by Gasteiger charge is 2.26. The lowest BCUT2D eigenvalue weighted by Gasteiger charge is -2.21. The van der Waals surface area contributed by atoms with Crippen molar-refractivity contribution in [1.82, 2.24) is 24.7 Å². The highest BCUT2D eigenvalue weighted by Crippen LogP contribution is 2.39. The molecule has 4 rings (SSSR count). The summed E-state index contributed by atoms with van der Waals surface area (Å²) in [4.78, 5) is 10.2. The number of thiazole rings is 1. The minimum Gasteiger partial charge on any atom is -0.494 e. The minimum atomic E-state index is -0.183. The zero-order chi connectivity index (χ0) is 25.8. The maximum Gasteiger partial charge on any atom is 0.239 e. The quantitative estimate of drug-likeness (QED) is 0.266. The molecule has 36 heavy (non-hydrogen) atoms. The third-order valence-corrected chi connectivity index (χ3v) is 7.78. The van der Waals surface area contributed by atoms with Gasteiger partial charge in [-0.3, -0.25) is 14.3 Å². The summed E-state index contributed by atoms with van der Waals surface area (Å²) in [6.07, 6.45) is 3.39. The van der Waals surface area contributed by atoms with E-state index in [-0.39, 0.29) is 11.4 Å². The standard InChI is InChI=1S/C25H30N6O3S2/c1-14-11-18(13-26-12-14)23-28-29-25(31(23)21-19(32-5)9-8-10-20(21)33-6)30-36-17(4)22(34-7)24-27-15(2)16(3)35-24/h8-13,17,22H,1-7H3,(H,29,30). The van der Waals surface area contributed by atoms with Gasteiger partial charge < -0.3 is 14.2 Å². The van der Waals surface area contributed by atoms with Crippen molar-refractivity contribution >= 4 is 29.2 Å². The van der Waals surface area contributed by atoms with Crippen LogP contribution in [0.1, 0.15) is 34.2 Å². The average molecular weight is 527 g/mol. The van der Waals surface area contributed by atoms with Gasteiger partial charge in [0.2, 0.25) is 5.95 Å². The van der Waals surface area contributed by atoms with Crippen molar-refractivity contribution in [3.8, 4) is 28.6 Å². The summed E-state index contributed by atoms with van der Waals surface area (Å²) >= 11 is 3.15. The van der Waals surface area contributed by atoms with E-state index in [2.05, 4.69) is 33.8 Å². The summed E-state index contributed by atoms with van der Waals surface area (Å²) < 4.78 is 22.5. The Hall–Kier alpha value is -3.15. The normalized spacial score (nSPS) is 12.9. The second-order valence-electron chi connectivity index (χ2n) is 8.22. The van der Waals surface area contributed by atoms with Crippen molar-refractivity contribution < 1.29 is 14.2 Å². The van der Waals surface area contributed by atoms with Crippen molar-refractivity contribution in [3.05, 3.63) is 57.8 Å². The third kappa shape index (κ3) is 5.18. The lowest BCUT2D eigenvalue weighted by Crippen LogP contribution is -2.16. The molecule has 11 heteroatoms. The number of hydrogen-bond acceptors (Lipinski definition) is 10. The highest BCUT2D eigenvalue weighted by molar-refractivity contribution is 8.01. The molecule has 2 unspecified atom stereocenters. The second kappa shape index (κ2) is 11.3. The molecule has 0 spiro atoms. The summed E-state index contributed by atoms with van der Waals surface area (Å²) in [5.74, 6) is 2.38. The molecule has 3 heterocycles. The molecule has 9 nitrogen and oxygen atoms in total. The predicted octanol–water partition coefficient (Wildman–Crippen LogP) is 5.56. The zero-order valence-electron chi connectivity index (χ0n) is 21.4. The van der Waals surface area contributed by atoms with Crippen LogP contribution in [0.5, 0.6) is 11.5 Å². The van der Waals surface area contributed by atoms with Gasteiger partial charge in [0.1, 0.15) is 28.3 Å². The maximum atomic E-state index is 5.83. The molecule has 2 atom stereocenters. The van der Waals surface area contributed by atoms with Crippen molar-refractivity contribution in [1.29, 1.82) is 0 Å². The number of aryl methyl sites for hydroxylation is 3. The van der Waals surface area contributed by atoms with Gasteiger partial charge in [0.15, 0.2) is 5.82 Å². The Balaban J connectivity index is 1.74. The third-order valence-electron chi connectivity index (χ3n) is 5.73. The number of pyridine rings is 1. The first-order valence-electron chi connectivity index (χ1n) is 11.3. The van der Waals surface area contributed by atoms with Crippen molar-refractivity contribution in [2.45, 2.75) is 39.0 Å². The Morgan fingerprint density at radius 1 is 1.03 bits per heavy atom. The first-order valence-corrected chi connectivity index (χ1v) is 13.0. The molecule has 0 amide bonds. The monoisotopic (exact) mass is 526 g/mol. The van der Waals surface area contributed by atoms with E-state index >= 15 is 0 Å². The largest absolute Gasteiger partial charge is 0.494 e. The van der Waals surface area contributed by atoms with Crippen molar-refractivity contribution in [2.24, 2.45) is 0 Å². The number of ether oxygens (including phenoxy) is 3. The molecule has 190 valence electrons. The second-order valence-corrected chi connectivity index (χ2v) is 10.6. The molecule has 1 aromatic carbocycles. The topological polar surface area (TPSA) is 96.2 Å². The molecular weight excluding hydrogens is 496 g/mol. The molecule has 0 fully saturated rings. The van der Waals surface area contributed by atoms with Gasteiger partial charge in [-0.2, -0.15) is 0 Å². The van der Waals surface area contributed by atoms with Gasteiger partial charge >= 0.3 is 0 Å². The van der Waals surface area contributed by atoms with Crippen LogP contribution in [0, 0.1) is 20.8 Å². The molecule has 0 aliphatic heterocycles. The number of benzene rings is 1. The maximum absolute atomic E-state index is 5.83. The highest BCUT2D eigenvalue weighted by atomic mass is 32.2. The predicted molar refractivity (Wildman–Crippen MR) is 144 cm³/mol. The van der Waals surface area contributed by atoms with E-state index < -0.39 is 0 Å². The van der Waals surface area contributed by atoms with Gasteiger partial charge in [0.05, 0.1) is 25.2 Å². The fourth-order valence-electron chi connectivity index (χ4n) is 3.80. The van der Waals surface area contributed by atoms with E-state index in [1.807, 2.05) is 42.7 Å². The van der Waals surface area contributed by atoms with Crippen LogP contribution < -0.4 is 14.2 Å². The van der Waals surface area contributed by atoms with Crippen LogP contribution in [0.15, 0.2) is 36.7 Å². The number of aromatic nitrogens is 5. The van der Waals surface area contributed by atoms with Crippen LogP contribution in [0.3, 0.4) is 0 Å². The summed E-state index contributed by atoms with van der Waals surface area (Å²) in [7, 11) is 4.96. The lowest BCUT2D eigenvalue weighted by molar-refractivity contribution is 0.104. The molecule has 0 bridgehead atoms. The summed E-state index contributed by atoms with van der Waals surface area (Å²) in [6, 6.07) is 7.65. The van der Waals surface area contributed by atoms with E-state index in [0.29, 0.717) is 29.0 Å². The van der Waals surface area contributed by atoms with Crippen LogP contribution >= 0.6 is 23.3 Å². The van der Waals surface area contributed by atoms with Crippen LogP contribution in [0.25, 0.3) is 17.1 Å². The van der Waals surface area contributed by atoms with Gasteiger partial charge in [-0.25, -0.2) is 4.98 Å². The molecule has 0 radical (unpaired) electrons. The number of hydrogen-bond donors (Lipinski definition) is 1. The number of rotatable bonds is 10. The number of anilines is 1. The molecule has 4 aromatic rings. The van der Waals surface area contributed by atoms with Gasteiger partial charge in [-0.05, 0) is 63.4 Å². The Morgan fingerprint density at radius 2 is 1.75 bits per heavy atom. The van der Waals surface area contributed by atoms with Gasteiger partial charge in [-0.15, -0.1) is 21.5 Å². The van der Waals surface area contributed by atoms with Crippen LogP contribution in [0.4, 0.5) is 5.95 Å². The summed E-state index contributed by atoms with van der Waals surface area (Å²) in [5.41, 5.74) is 3.56. The SMILES string of the molecule is COc1cccc(OC)c1-n1c(NSC(C)C(OC)c2nc(C)c(C)s2)nnc1-c1cncc(C)c1. The molecule has 0 saturated carbocycles.